The summed E-state index contributed by atoms with van der Waals surface area (Å²) >= 11 is 0. The Kier molecular flexibility index (Phi) is 5.66. The third-order valence-corrected chi connectivity index (χ3v) is 4.01. The Bertz CT molecular complexity index is 879. The summed E-state index contributed by atoms with van der Waals surface area (Å²) in [4.78, 5) is 35.5. The molecule has 0 aliphatic carbocycles. The normalized spacial score (nSPS) is 10.4. The number of benzene rings is 2. The van der Waals surface area contributed by atoms with Gasteiger partial charge in [-0.25, -0.2) is 0 Å². The molecule has 0 N–H and O–H groups in total. The number of aryl methyl sites for hydroxylation is 1. The maximum Gasteiger partial charge on any atom is 0.279 e. The molecule has 0 fully saturated rings. The van der Waals surface area contributed by atoms with Crippen molar-refractivity contribution in [3.63, 3.8) is 0 Å². The number of non-ortho nitro benzene ring substituents is 1. The monoisotopic (exact) mass is 357 g/mol. The number of carbonyl (C=O) groups is 1. The molecule has 0 unspecified atom stereocenters. The van der Waals surface area contributed by atoms with Crippen LogP contribution in [0.4, 0.5) is 17.1 Å². The van der Waals surface area contributed by atoms with Crippen molar-refractivity contribution < 1.29 is 14.6 Å². The zero-order chi connectivity index (χ0) is 19.4. The summed E-state index contributed by atoms with van der Waals surface area (Å²) in [6, 6.07) is 9.27. The van der Waals surface area contributed by atoms with Gasteiger partial charge in [-0.05, 0) is 38.0 Å². The van der Waals surface area contributed by atoms with Gasteiger partial charge in [0, 0.05) is 23.9 Å². The Balaban J connectivity index is 2.61. The molecule has 0 saturated heterocycles. The number of nitro groups is 2. The first kappa shape index (κ1) is 19.0. The highest BCUT2D eigenvalue weighted by atomic mass is 16.6. The highest BCUT2D eigenvalue weighted by Crippen LogP contribution is 2.30. The first-order chi connectivity index (χ1) is 12.3. The third kappa shape index (κ3) is 3.85. The molecule has 0 aliphatic rings. The minimum Gasteiger partial charge on any atom is -0.308 e. The molecule has 2 aromatic rings. The molecule has 0 bridgehead atoms. The number of nitrogens with zero attached hydrogens (tertiary/aromatic N) is 3. The van der Waals surface area contributed by atoms with Gasteiger partial charge in [-0.15, -0.1) is 0 Å². The van der Waals surface area contributed by atoms with Crippen LogP contribution in [0.1, 0.15) is 34.8 Å². The summed E-state index contributed by atoms with van der Waals surface area (Å²) in [6.07, 6.45) is 0.662. The van der Waals surface area contributed by atoms with Crippen molar-refractivity contribution in [3.05, 3.63) is 73.3 Å². The largest absolute Gasteiger partial charge is 0.308 e. The minimum absolute atomic E-state index is 0.0409. The van der Waals surface area contributed by atoms with Crippen molar-refractivity contribution in [1.29, 1.82) is 0 Å². The van der Waals surface area contributed by atoms with Crippen molar-refractivity contribution in [2.75, 3.05) is 11.4 Å². The van der Waals surface area contributed by atoms with Gasteiger partial charge in [0.05, 0.1) is 21.5 Å². The third-order valence-electron chi connectivity index (χ3n) is 4.01. The first-order valence-electron chi connectivity index (χ1n) is 8.08. The molecule has 0 atom stereocenters. The van der Waals surface area contributed by atoms with Gasteiger partial charge in [-0.3, -0.25) is 25.0 Å². The van der Waals surface area contributed by atoms with Crippen molar-refractivity contribution in [2.24, 2.45) is 0 Å². The summed E-state index contributed by atoms with van der Waals surface area (Å²) < 4.78 is 0. The minimum atomic E-state index is -0.736. The molecule has 0 saturated carbocycles. The zero-order valence-electron chi connectivity index (χ0n) is 14.8. The summed E-state index contributed by atoms with van der Waals surface area (Å²) in [5, 5.41) is 22.4. The van der Waals surface area contributed by atoms with Crippen LogP contribution in [0.25, 0.3) is 0 Å². The van der Waals surface area contributed by atoms with E-state index in [4.69, 9.17) is 0 Å². The van der Waals surface area contributed by atoms with E-state index in [-0.39, 0.29) is 11.1 Å². The van der Waals surface area contributed by atoms with E-state index in [1.54, 1.807) is 6.07 Å². The predicted molar refractivity (Wildman–Crippen MR) is 97.6 cm³/mol. The molecule has 0 spiro atoms. The number of anilines is 1. The predicted octanol–water partition coefficient (Wildman–Crippen LogP) is 4.18. The highest BCUT2D eigenvalue weighted by Gasteiger charge is 2.27. The molecule has 2 rings (SSSR count). The maximum absolute atomic E-state index is 13.1. The Labute approximate surface area is 150 Å². The van der Waals surface area contributed by atoms with Gasteiger partial charge in [0.25, 0.3) is 17.3 Å². The number of amides is 1. The first-order valence-corrected chi connectivity index (χ1v) is 8.08. The summed E-state index contributed by atoms with van der Waals surface area (Å²) in [5.74, 6) is -0.498. The van der Waals surface area contributed by atoms with Gasteiger partial charge in [0.1, 0.15) is 0 Å². The standard InChI is InChI=1S/C18H19N3O5/c1-4-8-19(14-7-5-6-12(2)9-14)18(22)16-10-15(20(23)24)11-17(13(16)3)21(25)26/h5-7,9-11H,4,8H2,1-3H3. The zero-order valence-corrected chi connectivity index (χ0v) is 14.8. The van der Waals surface area contributed by atoms with Crippen LogP contribution in [0, 0.1) is 34.1 Å². The molecular formula is C18H19N3O5. The van der Waals surface area contributed by atoms with Crippen LogP contribution in [-0.4, -0.2) is 22.3 Å². The molecule has 26 heavy (non-hydrogen) atoms. The lowest BCUT2D eigenvalue weighted by Gasteiger charge is -2.23. The molecule has 2 aromatic carbocycles. The lowest BCUT2D eigenvalue weighted by atomic mass is 10.0. The van der Waals surface area contributed by atoms with Crippen molar-refractivity contribution in [1.82, 2.24) is 0 Å². The second-order valence-electron chi connectivity index (χ2n) is 5.95. The smallest absolute Gasteiger partial charge is 0.279 e. The molecule has 0 aromatic heterocycles. The van der Waals surface area contributed by atoms with E-state index < -0.39 is 27.1 Å². The highest BCUT2D eigenvalue weighted by molar-refractivity contribution is 6.08. The molecule has 0 radical (unpaired) electrons. The summed E-state index contributed by atoms with van der Waals surface area (Å²) in [6.45, 7) is 5.61. The maximum atomic E-state index is 13.1. The number of hydrogen-bond acceptors (Lipinski definition) is 5. The second-order valence-corrected chi connectivity index (χ2v) is 5.95. The number of rotatable bonds is 6. The molecule has 0 heterocycles. The fraction of sp³-hybridized carbons (Fsp3) is 0.278. The summed E-state index contributed by atoms with van der Waals surface area (Å²) in [7, 11) is 0. The molecule has 136 valence electrons. The second kappa shape index (κ2) is 7.73. The van der Waals surface area contributed by atoms with E-state index in [9.17, 15) is 25.0 Å². The van der Waals surface area contributed by atoms with Crippen LogP contribution in [-0.2, 0) is 0 Å². The lowest BCUT2D eigenvalue weighted by Crippen LogP contribution is -2.32. The van der Waals surface area contributed by atoms with E-state index in [2.05, 4.69) is 0 Å². The van der Waals surface area contributed by atoms with Crippen LogP contribution < -0.4 is 4.90 Å². The Morgan fingerprint density at radius 2 is 1.77 bits per heavy atom. The van der Waals surface area contributed by atoms with Crippen LogP contribution in [0.2, 0.25) is 0 Å². The number of hydrogen-bond donors (Lipinski definition) is 0. The van der Waals surface area contributed by atoms with Gasteiger partial charge in [0.15, 0.2) is 0 Å². The van der Waals surface area contributed by atoms with E-state index in [0.29, 0.717) is 18.7 Å². The average molecular weight is 357 g/mol. The van der Waals surface area contributed by atoms with Crippen LogP contribution in [0.5, 0.6) is 0 Å². The van der Waals surface area contributed by atoms with Gasteiger partial charge < -0.3 is 4.90 Å². The van der Waals surface area contributed by atoms with Crippen LogP contribution in [0.15, 0.2) is 36.4 Å². The van der Waals surface area contributed by atoms with Crippen molar-refractivity contribution in [3.8, 4) is 0 Å². The molecular weight excluding hydrogens is 338 g/mol. The van der Waals surface area contributed by atoms with Crippen molar-refractivity contribution >= 4 is 23.0 Å². The Morgan fingerprint density at radius 3 is 2.31 bits per heavy atom. The Hall–Kier alpha value is -3.29. The molecule has 8 heteroatoms. The van der Waals surface area contributed by atoms with E-state index in [1.165, 1.54) is 11.8 Å². The average Bonchev–Trinajstić information content (AvgIpc) is 2.58. The van der Waals surface area contributed by atoms with Gasteiger partial charge in [-0.2, -0.15) is 0 Å². The fourth-order valence-corrected chi connectivity index (χ4v) is 2.71. The van der Waals surface area contributed by atoms with Crippen LogP contribution in [0.3, 0.4) is 0 Å². The summed E-state index contributed by atoms with van der Waals surface area (Å²) in [5.41, 5.74) is 0.748. The van der Waals surface area contributed by atoms with Gasteiger partial charge in [-0.1, -0.05) is 19.1 Å². The number of carbonyl (C=O) groups excluding carboxylic acids is 1. The fourth-order valence-electron chi connectivity index (χ4n) is 2.71. The molecule has 1 amide bonds. The van der Waals surface area contributed by atoms with Gasteiger partial charge >= 0.3 is 0 Å². The molecule has 8 nitrogen and oxygen atoms in total. The topological polar surface area (TPSA) is 107 Å². The Morgan fingerprint density at radius 1 is 1.08 bits per heavy atom. The van der Waals surface area contributed by atoms with Crippen molar-refractivity contribution in [2.45, 2.75) is 27.2 Å². The quantitative estimate of drug-likeness (QED) is 0.569. The SMILES string of the molecule is CCCN(C(=O)c1cc([N+](=O)[O-])cc([N+](=O)[O-])c1C)c1cccc(C)c1. The van der Waals surface area contributed by atoms with Crippen LogP contribution >= 0.6 is 0 Å². The van der Waals surface area contributed by atoms with E-state index in [0.717, 1.165) is 17.7 Å². The van der Waals surface area contributed by atoms with Gasteiger partial charge in [0.2, 0.25) is 0 Å². The lowest BCUT2D eigenvalue weighted by molar-refractivity contribution is -0.394. The molecule has 0 aliphatic heterocycles. The van der Waals surface area contributed by atoms with E-state index in [1.807, 2.05) is 32.0 Å². The van der Waals surface area contributed by atoms with E-state index >= 15 is 0 Å². The number of nitro benzene ring substituents is 2.